The highest BCUT2D eigenvalue weighted by molar-refractivity contribution is 6.18. The molecule has 1 aliphatic heterocycles. The second-order valence-electron chi connectivity index (χ2n) is 2.78. The zero-order chi connectivity index (χ0) is 8.97. The molecule has 0 N–H and O–H groups in total. The first kappa shape index (κ1) is 9.39. The van der Waals surface area contributed by atoms with E-state index < -0.39 is 0 Å². The Labute approximate surface area is 77.6 Å². The first-order valence-corrected chi connectivity index (χ1v) is 4.50. The van der Waals surface area contributed by atoms with E-state index in [2.05, 4.69) is 0 Å². The van der Waals surface area contributed by atoms with Crippen LogP contribution in [-0.4, -0.2) is 48.4 Å². The Morgan fingerprint density at radius 2 is 2.25 bits per heavy atom. The minimum absolute atomic E-state index is 0.106. The molecular weight excluding hydrogens is 176 g/mol. The van der Waals surface area contributed by atoms with Gasteiger partial charge in [0.2, 0.25) is 0 Å². The van der Waals surface area contributed by atoms with Crippen molar-refractivity contribution in [1.82, 2.24) is 9.80 Å². The lowest BCUT2D eigenvalue weighted by molar-refractivity contribution is 0.202. The van der Waals surface area contributed by atoms with Gasteiger partial charge in [0, 0.05) is 32.6 Å². The molecule has 0 bridgehead atoms. The molecule has 1 fully saturated rings. The Bertz CT molecular complexity index is 193. The molecule has 0 aliphatic carbocycles. The van der Waals surface area contributed by atoms with Crippen LogP contribution in [0.2, 0.25) is 0 Å². The maximum absolute atomic E-state index is 11.3. The molecule has 0 aromatic rings. The molecule has 68 valence electrons. The van der Waals surface area contributed by atoms with Crippen molar-refractivity contribution in [2.75, 3.05) is 32.6 Å². The van der Waals surface area contributed by atoms with Gasteiger partial charge in [0.25, 0.3) is 0 Å². The predicted molar refractivity (Wildman–Crippen MR) is 49.5 cm³/mol. The number of halogens is 1. The quantitative estimate of drug-likeness (QED) is 0.482. The minimum atomic E-state index is 0.106. The number of carbonyl (C=O) groups is 1. The maximum atomic E-state index is 11.3. The molecule has 4 heteroatoms. The average molecular weight is 189 g/mol. The maximum Gasteiger partial charge on any atom is 0.320 e. The van der Waals surface area contributed by atoms with Crippen LogP contribution in [0.4, 0.5) is 4.79 Å². The Morgan fingerprint density at radius 1 is 1.50 bits per heavy atom. The van der Waals surface area contributed by atoms with Gasteiger partial charge in [0.05, 0.1) is 0 Å². The molecule has 1 rings (SSSR count). The number of hydrogen-bond donors (Lipinski definition) is 0. The second kappa shape index (κ2) is 4.36. The third kappa shape index (κ3) is 2.14. The normalized spacial score (nSPS) is 18.3. The van der Waals surface area contributed by atoms with Crippen LogP contribution < -0.4 is 0 Å². The van der Waals surface area contributed by atoms with Crippen LogP contribution in [0.5, 0.6) is 0 Å². The van der Waals surface area contributed by atoms with Crippen molar-refractivity contribution in [3.05, 3.63) is 12.2 Å². The molecule has 1 saturated heterocycles. The summed E-state index contributed by atoms with van der Waals surface area (Å²) in [5.74, 6) is 0.512. The highest BCUT2D eigenvalue weighted by Crippen LogP contribution is 2.04. The zero-order valence-electron chi connectivity index (χ0n) is 7.16. The fourth-order valence-corrected chi connectivity index (χ4v) is 1.26. The van der Waals surface area contributed by atoms with Crippen molar-refractivity contribution in [3.8, 4) is 0 Å². The number of carbonyl (C=O) groups excluding carboxylic acids is 1. The van der Waals surface area contributed by atoms with E-state index in [-0.39, 0.29) is 6.03 Å². The highest BCUT2D eigenvalue weighted by Gasteiger charge is 2.23. The molecule has 0 unspecified atom stereocenters. The van der Waals surface area contributed by atoms with Crippen LogP contribution in [0, 0.1) is 0 Å². The second-order valence-corrected chi connectivity index (χ2v) is 3.08. The van der Waals surface area contributed by atoms with Gasteiger partial charge in [0.15, 0.2) is 0 Å². The molecule has 0 radical (unpaired) electrons. The van der Waals surface area contributed by atoms with Crippen molar-refractivity contribution in [1.29, 1.82) is 0 Å². The Morgan fingerprint density at radius 3 is 2.75 bits per heavy atom. The summed E-state index contributed by atoms with van der Waals surface area (Å²) in [7, 11) is 1.81. The molecule has 12 heavy (non-hydrogen) atoms. The van der Waals surface area contributed by atoms with Gasteiger partial charge in [-0.25, -0.2) is 4.79 Å². The molecule has 0 spiro atoms. The van der Waals surface area contributed by atoms with Crippen LogP contribution in [0.15, 0.2) is 12.2 Å². The molecule has 0 aromatic carbocycles. The molecule has 0 atom stereocenters. The Balaban J connectivity index is 2.34. The van der Waals surface area contributed by atoms with Crippen LogP contribution in [0.25, 0.3) is 0 Å². The van der Waals surface area contributed by atoms with E-state index in [0.29, 0.717) is 12.4 Å². The lowest BCUT2D eigenvalue weighted by Gasteiger charge is -2.12. The number of allylic oxidation sites excluding steroid dienone is 1. The number of nitrogens with zero attached hydrogens (tertiary/aromatic N) is 2. The van der Waals surface area contributed by atoms with Crippen molar-refractivity contribution < 1.29 is 4.79 Å². The van der Waals surface area contributed by atoms with Crippen molar-refractivity contribution >= 4 is 17.6 Å². The summed E-state index contributed by atoms with van der Waals surface area (Å²) in [5.41, 5.74) is 0. The van der Waals surface area contributed by atoms with Crippen LogP contribution >= 0.6 is 11.6 Å². The van der Waals surface area contributed by atoms with Gasteiger partial charge < -0.3 is 9.80 Å². The van der Waals surface area contributed by atoms with Gasteiger partial charge in [-0.2, -0.15) is 0 Å². The lowest BCUT2D eigenvalue weighted by Crippen LogP contribution is -2.29. The van der Waals surface area contributed by atoms with Gasteiger partial charge in [-0.05, 0) is 0 Å². The largest absolute Gasteiger partial charge is 0.326 e. The predicted octanol–water partition coefficient (Wildman–Crippen LogP) is 1.15. The zero-order valence-corrected chi connectivity index (χ0v) is 7.92. The summed E-state index contributed by atoms with van der Waals surface area (Å²) in [6.45, 7) is 2.32. The molecule has 1 heterocycles. The Hall–Kier alpha value is -0.700. The molecule has 1 aliphatic rings. The first-order valence-electron chi connectivity index (χ1n) is 3.96. The van der Waals surface area contributed by atoms with Gasteiger partial charge in [-0.1, -0.05) is 12.2 Å². The third-order valence-corrected chi connectivity index (χ3v) is 2.06. The van der Waals surface area contributed by atoms with Gasteiger partial charge in [-0.15, -0.1) is 11.6 Å². The molecule has 3 nitrogen and oxygen atoms in total. The van der Waals surface area contributed by atoms with Crippen LogP contribution in [0.3, 0.4) is 0 Å². The molecule has 2 amide bonds. The van der Waals surface area contributed by atoms with E-state index in [1.807, 2.05) is 19.2 Å². The minimum Gasteiger partial charge on any atom is -0.326 e. The number of hydrogen-bond acceptors (Lipinski definition) is 1. The smallest absolute Gasteiger partial charge is 0.320 e. The van der Waals surface area contributed by atoms with Crippen LogP contribution in [0.1, 0.15) is 0 Å². The first-order chi connectivity index (χ1) is 5.75. The SMILES string of the molecule is CN1CCN(C/C=C/CCl)C1=O. The summed E-state index contributed by atoms with van der Waals surface area (Å²) in [6, 6.07) is 0.106. The van der Waals surface area contributed by atoms with E-state index in [9.17, 15) is 4.79 Å². The third-order valence-electron chi connectivity index (χ3n) is 1.88. The number of urea groups is 1. The number of likely N-dealkylation sites (N-methyl/N-ethyl adjacent to an activating group) is 1. The average Bonchev–Trinajstić information content (AvgIpc) is 2.36. The van der Waals surface area contributed by atoms with Crippen molar-refractivity contribution in [2.24, 2.45) is 0 Å². The molecule has 0 aromatic heterocycles. The summed E-state index contributed by atoms with van der Waals surface area (Å²) in [6.07, 6.45) is 3.78. The van der Waals surface area contributed by atoms with Crippen LogP contribution in [-0.2, 0) is 0 Å². The topological polar surface area (TPSA) is 23.6 Å². The number of rotatable bonds is 3. The van der Waals surface area contributed by atoms with E-state index >= 15 is 0 Å². The van der Waals surface area contributed by atoms with Crippen molar-refractivity contribution in [3.63, 3.8) is 0 Å². The summed E-state index contributed by atoms with van der Waals surface area (Å²) >= 11 is 5.45. The fourth-order valence-electron chi connectivity index (χ4n) is 1.14. The van der Waals surface area contributed by atoms with E-state index in [1.54, 1.807) is 9.80 Å². The number of amides is 2. The standard InChI is InChI=1S/C8H13ClN2O/c1-10-6-7-11(8(10)12)5-3-2-4-9/h2-3H,4-7H2,1H3/b3-2+. The highest BCUT2D eigenvalue weighted by atomic mass is 35.5. The molecule has 0 saturated carbocycles. The summed E-state index contributed by atoms with van der Waals surface area (Å²) in [4.78, 5) is 14.8. The van der Waals surface area contributed by atoms with E-state index in [4.69, 9.17) is 11.6 Å². The number of alkyl halides is 1. The van der Waals surface area contributed by atoms with Gasteiger partial charge in [0.1, 0.15) is 0 Å². The van der Waals surface area contributed by atoms with E-state index in [0.717, 1.165) is 13.1 Å². The lowest BCUT2D eigenvalue weighted by atomic mass is 10.5. The molecular formula is C8H13ClN2O. The Kier molecular flexibility index (Phi) is 3.41. The van der Waals surface area contributed by atoms with Gasteiger partial charge >= 0.3 is 6.03 Å². The van der Waals surface area contributed by atoms with E-state index in [1.165, 1.54) is 0 Å². The summed E-state index contributed by atoms with van der Waals surface area (Å²) < 4.78 is 0. The monoisotopic (exact) mass is 188 g/mol. The fraction of sp³-hybridized carbons (Fsp3) is 0.625. The summed E-state index contributed by atoms with van der Waals surface area (Å²) in [5, 5.41) is 0. The van der Waals surface area contributed by atoms with Crippen molar-refractivity contribution in [2.45, 2.75) is 0 Å². The van der Waals surface area contributed by atoms with Gasteiger partial charge in [-0.3, -0.25) is 0 Å².